The molecule has 1 aliphatic carbocycles. The Labute approximate surface area is 108 Å². The van der Waals surface area contributed by atoms with Crippen molar-refractivity contribution < 1.29 is 4.79 Å². The van der Waals surface area contributed by atoms with E-state index in [2.05, 4.69) is 22.5 Å². The Hall–Kier alpha value is -1.84. The Morgan fingerprint density at radius 1 is 1.50 bits per heavy atom. The van der Waals surface area contributed by atoms with Crippen LogP contribution in [0.25, 0.3) is 0 Å². The molecule has 1 N–H and O–H groups in total. The molecule has 1 aromatic heterocycles. The second-order valence-corrected chi connectivity index (χ2v) is 4.82. The molecule has 0 spiro atoms. The average Bonchev–Trinajstić information content (AvgIpc) is 2.82. The van der Waals surface area contributed by atoms with Crippen LogP contribution in [0.1, 0.15) is 19.3 Å². The average molecular weight is 245 g/mol. The maximum absolute atomic E-state index is 11.8. The van der Waals surface area contributed by atoms with E-state index in [0.29, 0.717) is 12.3 Å². The summed E-state index contributed by atoms with van der Waals surface area (Å²) in [7, 11) is 3.88. The van der Waals surface area contributed by atoms with Crippen LogP contribution in [0.5, 0.6) is 0 Å². The van der Waals surface area contributed by atoms with E-state index in [1.165, 1.54) is 0 Å². The normalized spacial score (nSPS) is 17.8. The van der Waals surface area contributed by atoms with Crippen LogP contribution in [0.15, 0.2) is 30.5 Å². The molecular formula is C14H19N3O. The highest BCUT2D eigenvalue weighted by atomic mass is 16.1. The molecule has 0 fully saturated rings. The van der Waals surface area contributed by atoms with Crippen LogP contribution in [-0.2, 0) is 4.79 Å². The van der Waals surface area contributed by atoms with Gasteiger partial charge in [-0.05, 0) is 30.9 Å². The highest BCUT2D eigenvalue weighted by Crippen LogP contribution is 2.21. The number of aromatic nitrogens is 1. The summed E-state index contributed by atoms with van der Waals surface area (Å²) in [4.78, 5) is 18.0. The summed E-state index contributed by atoms with van der Waals surface area (Å²) in [6, 6.07) is 3.77. The predicted molar refractivity (Wildman–Crippen MR) is 73.7 cm³/mol. The molecule has 1 aromatic rings. The van der Waals surface area contributed by atoms with Crippen LogP contribution in [-0.4, -0.2) is 25.0 Å². The van der Waals surface area contributed by atoms with Gasteiger partial charge in [0.15, 0.2) is 0 Å². The van der Waals surface area contributed by atoms with Crippen molar-refractivity contribution in [3.8, 4) is 0 Å². The fourth-order valence-corrected chi connectivity index (χ4v) is 2.04. The van der Waals surface area contributed by atoms with Crippen LogP contribution < -0.4 is 10.2 Å². The summed E-state index contributed by atoms with van der Waals surface area (Å²) in [6.07, 6.45) is 8.71. The lowest BCUT2D eigenvalue weighted by atomic mass is 10.1. The molecule has 0 aliphatic heterocycles. The zero-order chi connectivity index (χ0) is 13.0. The van der Waals surface area contributed by atoms with Gasteiger partial charge in [0.1, 0.15) is 5.82 Å². The van der Waals surface area contributed by atoms with E-state index in [0.717, 1.165) is 24.3 Å². The highest BCUT2D eigenvalue weighted by Gasteiger charge is 2.14. The third-order valence-corrected chi connectivity index (χ3v) is 3.05. The molecule has 18 heavy (non-hydrogen) atoms. The Morgan fingerprint density at radius 2 is 2.33 bits per heavy atom. The molecule has 1 aliphatic rings. The van der Waals surface area contributed by atoms with E-state index in [1.54, 1.807) is 6.20 Å². The van der Waals surface area contributed by atoms with Crippen LogP contribution in [0, 0.1) is 5.92 Å². The number of nitrogens with one attached hydrogen (secondary N) is 1. The summed E-state index contributed by atoms with van der Waals surface area (Å²) in [5.74, 6) is 1.34. The Balaban J connectivity index is 1.88. The minimum Gasteiger partial charge on any atom is -0.363 e. The third-order valence-electron chi connectivity index (χ3n) is 3.05. The second kappa shape index (κ2) is 5.67. The van der Waals surface area contributed by atoms with Gasteiger partial charge >= 0.3 is 0 Å². The molecule has 0 bridgehead atoms. The molecule has 2 rings (SSSR count). The largest absolute Gasteiger partial charge is 0.363 e. The summed E-state index contributed by atoms with van der Waals surface area (Å²) in [5, 5.41) is 2.88. The molecule has 4 heteroatoms. The van der Waals surface area contributed by atoms with Crippen molar-refractivity contribution in [3.05, 3.63) is 30.5 Å². The van der Waals surface area contributed by atoms with Crippen LogP contribution >= 0.6 is 0 Å². The van der Waals surface area contributed by atoms with Gasteiger partial charge in [0.2, 0.25) is 5.91 Å². The number of amides is 1. The predicted octanol–water partition coefficient (Wildman–Crippen LogP) is 2.44. The van der Waals surface area contributed by atoms with Crippen molar-refractivity contribution in [2.45, 2.75) is 19.3 Å². The standard InChI is InChI=1S/C14H19N3O/c1-17(2)13-8-7-12(10-15-13)16-14(18)9-11-5-3-4-6-11/h3,5,7-8,10-11H,4,6,9H2,1-2H3,(H,16,18)/t11-/m0/s1. The quantitative estimate of drug-likeness (QED) is 0.829. The van der Waals surface area contributed by atoms with E-state index < -0.39 is 0 Å². The Bertz CT molecular complexity index is 437. The molecule has 0 saturated carbocycles. The number of pyridine rings is 1. The molecular weight excluding hydrogens is 226 g/mol. The highest BCUT2D eigenvalue weighted by molar-refractivity contribution is 5.90. The summed E-state index contributed by atoms with van der Waals surface area (Å²) in [5.41, 5.74) is 0.757. The molecule has 0 radical (unpaired) electrons. The van der Waals surface area contributed by atoms with Crippen molar-refractivity contribution in [3.63, 3.8) is 0 Å². The molecule has 1 atom stereocenters. The molecule has 1 amide bonds. The van der Waals surface area contributed by atoms with Gasteiger partial charge in [-0.3, -0.25) is 4.79 Å². The van der Waals surface area contributed by atoms with Gasteiger partial charge in [-0.15, -0.1) is 0 Å². The minimum atomic E-state index is 0.0611. The van der Waals surface area contributed by atoms with Crippen LogP contribution in [0.4, 0.5) is 11.5 Å². The monoisotopic (exact) mass is 245 g/mol. The van der Waals surface area contributed by atoms with Gasteiger partial charge < -0.3 is 10.2 Å². The number of allylic oxidation sites excluding steroid dienone is 2. The lowest BCUT2D eigenvalue weighted by molar-refractivity contribution is -0.116. The summed E-state index contributed by atoms with van der Waals surface area (Å²) in [6.45, 7) is 0. The van der Waals surface area contributed by atoms with Gasteiger partial charge in [-0.2, -0.15) is 0 Å². The van der Waals surface area contributed by atoms with E-state index in [1.807, 2.05) is 31.1 Å². The number of carbonyl (C=O) groups is 1. The van der Waals surface area contributed by atoms with Crippen molar-refractivity contribution in [2.75, 3.05) is 24.3 Å². The van der Waals surface area contributed by atoms with Crippen molar-refractivity contribution in [1.29, 1.82) is 0 Å². The van der Waals surface area contributed by atoms with Crippen LogP contribution in [0.2, 0.25) is 0 Å². The van der Waals surface area contributed by atoms with E-state index in [-0.39, 0.29) is 5.91 Å². The molecule has 0 unspecified atom stereocenters. The van der Waals surface area contributed by atoms with E-state index in [4.69, 9.17) is 0 Å². The van der Waals surface area contributed by atoms with E-state index >= 15 is 0 Å². The lowest BCUT2D eigenvalue weighted by Gasteiger charge is -2.12. The zero-order valence-electron chi connectivity index (χ0n) is 10.9. The smallest absolute Gasteiger partial charge is 0.225 e. The Morgan fingerprint density at radius 3 is 2.89 bits per heavy atom. The zero-order valence-corrected chi connectivity index (χ0v) is 10.9. The summed E-state index contributed by atoms with van der Waals surface area (Å²) < 4.78 is 0. The maximum Gasteiger partial charge on any atom is 0.225 e. The Kier molecular flexibility index (Phi) is 3.97. The number of hydrogen-bond acceptors (Lipinski definition) is 3. The fraction of sp³-hybridized carbons (Fsp3) is 0.429. The van der Waals surface area contributed by atoms with E-state index in [9.17, 15) is 4.79 Å². The molecule has 4 nitrogen and oxygen atoms in total. The molecule has 96 valence electrons. The first-order chi connectivity index (χ1) is 8.65. The topological polar surface area (TPSA) is 45.2 Å². The molecule has 0 aromatic carbocycles. The first kappa shape index (κ1) is 12.6. The van der Waals surface area contributed by atoms with Gasteiger partial charge in [0.05, 0.1) is 11.9 Å². The fourth-order valence-electron chi connectivity index (χ4n) is 2.04. The maximum atomic E-state index is 11.8. The van der Waals surface area contributed by atoms with Gasteiger partial charge in [-0.1, -0.05) is 12.2 Å². The van der Waals surface area contributed by atoms with Gasteiger partial charge in [0, 0.05) is 20.5 Å². The van der Waals surface area contributed by atoms with Gasteiger partial charge in [0.25, 0.3) is 0 Å². The number of carbonyl (C=O) groups excluding carboxylic acids is 1. The number of nitrogens with zero attached hydrogens (tertiary/aromatic N) is 2. The minimum absolute atomic E-state index is 0.0611. The van der Waals surface area contributed by atoms with Gasteiger partial charge in [-0.25, -0.2) is 4.98 Å². The second-order valence-electron chi connectivity index (χ2n) is 4.82. The number of hydrogen-bond donors (Lipinski definition) is 1. The first-order valence-electron chi connectivity index (χ1n) is 6.25. The lowest BCUT2D eigenvalue weighted by Crippen LogP contribution is -2.15. The van der Waals surface area contributed by atoms with Crippen molar-refractivity contribution in [2.24, 2.45) is 5.92 Å². The van der Waals surface area contributed by atoms with Crippen molar-refractivity contribution >= 4 is 17.4 Å². The number of rotatable bonds is 4. The number of anilines is 2. The first-order valence-corrected chi connectivity index (χ1v) is 6.25. The van der Waals surface area contributed by atoms with Crippen molar-refractivity contribution in [1.82, 2.24) is 4.98 Å². The summed E-state index contributed by atoms with van der Waals surface area (Å²) >= 11 is 0. The SMILES string of the molecule is CN(C)c1ccc(NC(=O)C[C@H]2C=CCC2)cn1. The third kappa shape index (κ3) is 3.32. The van der Waals surface area contributed by atoms with Crippen LogP contribution in [0.3, 0.4) is 0 Å². The molecule has 1 heterocycles. The molecule has 0 saturated heterocycles.